The van der Waals surface area contributed by atoms with Gasteiger partial charge in [0.2, 0.25) is 0 Å². The Morgan fingerprint density at radius 3 is 2.38 bits per heavy atom. The van der Waals surface area contributed by atoms with Crippen molar-refractivity contribution >= 4 is 35.9 Å². The number of methoxy groups -OCH3 is 1. The molecule has 1 fully saturated rings. The Hall–Kier alpha value is -0.570. The van der Waals surface area contributed by atoms with E-state index in [-0.39, 0.29) is 29.9 Å². The summed E-state index contributed by atoms with van der Waals surface area (Å²) >= 11 is 0. The first-order valence-electron chi connectivity index (χ1n) is 8.89. The quantitative estimate of drug-likeness (QED) is 0.184. The lowest BCUT2D eigenvalue weighted by Crippen LogP contribution is -2.40. The highest BCUT2D eigenvalue weighted by Gasteiger charge is 2.14. The van der Waals surface area contributed by atoms with Crippen LogP contribution in [0.2, 0.25) is 0 Å². The molecule has 7 heteroatoms. The van der Waals surface area contributed by atoms with Gasteiger partial charge < -0.3 is 20.3 Å². The van der Waals surface area contributed by atoms with Crippen LogP contribution < -0.4 is 10.6 Å². The predicted octanol–water partition coefficient (Wildman–Crippen LogP) is 2.23. The second-order valence-electron chi connectivity index (χ2n) is 6.34. The average molecular weight is 454 g/mol. The molecule has 24 heavy (non-hydrogen) atoms. The number of hydrogen-bond donors (Lipinski definition) is 2. The van der Waals surface area contributed by atoms with E-state index in [4.69, 9.17) is 0 Å². The van der Waals surface area contributed by atoms with Crippen molar-refractivity contribution in [2.24, 2.45) is 10.9 Å². The number of halogens is 1. The fraction of sp³-hybridized carbons (Fsp3) is 0.882. The van der Waals surface area contributed by atoms with Crippen LogP contribution in [0, 0.1) is 5.92 Å². The SMILES string of the molecule is CN=C(NCCCCC(=O)OC)NCCCN1CCC(C)CC1.I. The summed E-state index contributed by atoms with van der Waals surface area (Å²) < 4.78 is 4.62. The van der Waals surface area contributed by atoms with Crippen molar-refractivity contribution in [1.82, 2.24) is 15.5 Å². The summed E-state index contributed by atoms with van der Waals surface area (Å²) in [7, 11) is 3.21. The Balaban J connectivity index is 0.00000529. The molecular formula is C17H35IN4O2. The van der Waals surface area contributed by atoms with Crippen LogP contribution in [0.15, 0.2) is 4.99 Å². The Morgan fingerprint density at radius 2 is 1.79 bits per heavy atom. The second kappa shape index (κ2) is 14.7. The van der Waals surface area contributed by atoms with Crippen LogP contribution in [0.4, 0.5) is 0 Å². The molecule has 6 nitrogen and oxygen atoms in total. The lowest BCUT2D eigenvalue weighted by atomic mass is 9.99. The number of carbonyl (C=O) groups is 1. The van der Waals surface area contributed by atoms with Gasteiger partial charge in [0.05, 0.1) is 7.11 Å². The number of rotatable bonds is 9. The van der Waals surface area contributed by atoms with Crippen LogP contribution in [0.1, 0.15) is 45.4 Å². The number of nitrogens with zero attached hydrogens (tertiary/aromatic N) is 2. The molecule has 0 spiro atoms. The third-order valence-electron chi connectivity index (χ3n) is 4.37. The van der Waals surface area contributed by atoms with Crippen molar-refractivity contribution < 1.29 is 9.53 Å². The van der Waals surface area contributed by atoms with Crippen molar-refractivity contribution in [2.45, 2.75) is 45.4 Å². The number of nitrogens with one attached hydrogen (secondary N) is 2. The first kappa shape index (κ1) is 23.4. The number of carbonyl (C=O) groups excluding carboxylic acids is 1. The minimum Gasteiger partial charge on any atom is -0.469 e. The molecule has 0 radical (unpaired) electrons. The van der Waals surface area contributed by atoms with Gasteiger partial charge in [-0.25, -0.2) is 0 Å². The molecule has 1 heterocycles. The number of esters is 1. The van der Waals surface area contributed by atoms with E-state index in [1.165, 1.54) is 33.0 Å². The van der Waals surface area contributed by atoms with Crippen LogP contribution in [0.25, 0.3) is 0 Å². The Bertz CT molecular complexity index is 358. The minimum absolute atomic E-state index is 0. The number of unbranched alkanes of at least 4 members (excludes halogenated alkanes) is 1. The molecule has 0 aromatic rings. The average Bonchev–Trinajstić information content (AvgIpc) is 2.57. The van der Waals surface area contributed by atoms with Crippen molar-refractivity contribution in [3.63, 3.8) is 0 Å². The second-order valence-corrected chi connectivity index (χ2v) is 6.34. The number of piperidine rings is 1. The molecule has 1 saturated heterocycles. The van der Waals surface area contributed by atoms with E-state index in [0.29, 0.717) is 6.42 Å². The van der Waals surface area contributed by atoms with Gasteiger partial charge in [-0.05, 0) is 57.7 Å². The zero-order valence-corrected chi connectivity index (χ0v) is 17.8. The third kappa shape index (κ3) is 11.1. The molecule has 1 aliphatic heterocycles. The number of likely N-dealkylation sites (tertiary alicyclic amines) is 1. The maximum absolute atomic E-state index is 11.0. The van der Waals surface area contributed by atoms with Gasteiger partial charge in [-0.1, -0.05) is 6.92 Å². The maximum atomic E-state index is 11.0. The van der Waals surface area contributed by atoms with Crippen molar-refractivity contribution in [3.8, 4) is 0 Å². The molecule has 142 valence electrons. The van der Waals surface area contributed by atoms with Gasteiger partial charge in [0.1, 0.15) is 0 Å². The van der Waals surface area contributed by atoms with Gasteiger partial charge in [0.25, 0.3) is 0 Å². The molecule has 2 N–H and O–H groups in total. The summed E-state index contributed by atoms with van der Waals surface area (Å²) in [5, 5.41) is 6.63. The molecule has 0 atom stereocenters. The molecule has 0 unspecified atom stereocenters. The lowest BCUT2D eigenvalue weighted by Gasteiger charge is -2.30. The summed E-state index contributed by atoms with van der Waals surface area (Å²) in [6.45, 7) is 7.76. The maximum Gasteiger partial charge on any atom is 0.305 e. The highest BCUT2D eigenvalue weighted by atomic mass is 127. The largest absolute Gasteiger partial charge is 0.469 e. The fourth-order valence-electron chi connectivity index (χ4n) is 2.72. The topological polar surface area (TPSA) is 66.0 Å². The van der Waals surface area contributed by atoms with Crippen LogP contribution in [-0.2, 0) is 9.53 Å². The molecule has 1 aliphatic rings. The normalized spacial score (nSPS) is 16.4. The third-order valence-corrected chi connectivity index (χ3v) is 4.37. The van der Waals surface area contributed by atoms with Gasteiger partial charge in [-0.15, -0.1) is 24.0 Å². The summed E-state index contributed by atoms with van der Waals surface area (Å²) in [6, 6.07) is 0. The smallest absolute Gasteiger partial charge is 0.305 e. The van der Waals surface area contributed by atoms with E-state index in [1.807, 2.05) is 0 Å². The van der Waals surface area contributed by atoms with Crippen molar-refractivity contribution in [1.29, 1.82) is 0 Å². The Kier molecular flexibility index (Phi) is 14.4. The van der Waals surface area contributed by atoms with E-state index in [1.54, 1.807) is 7.05 Å². The number of guanidine groups is 1. The van der Waals surface area contributed by atoms with E-state index in [9.17, 15) is 4.79 Å². The lowest BCUT2D eigenvalue weighted by molar-refractivity contribution is -0.140. The zero-order chi connectivity index (χ0) is 16.9. The summed E-state index contributed by atoms with van der Waals surface area (Å²) in [4.78, 5) is 17.8. The van der Waals surface area contributed by atoms with Crippen LogP contribution in [0.3, 0.4) is 0 Å². The highest BCUT2D eigenvalue weighted by molar-refractivity contribution is 14.0. The van der Waals surface area contributed by atoms with Crippen LogP contribution in [-0.4, -0.2) is 63.7 Å². The van der Waals surface area contributed by atoms with E-state index in [2.05, 4.69) is 32.2 Å². The number of hydrogen-bond acceptors (Lipinski definition) is 4. The predicted molar refractivity (Wildman–Crippen MR) is 110 cm³/mol. The van der Waals surface area contributed by atoms with Crippen LogP contribution >= 0.6 is 24.0 Å². The first-order valence-corrected chi connectivity index (χ1v) is 8.89. The molecule has 0 aromatic carbocycles. The summed E-state index contributed by atoms with van der Waals surface area (Å²) in [6.07, 6.45) is 6.06. The molecule has 1 rings (SSSR count). The Morgan fingerprint density at radius 1 is 1.17 bits per heavy atom. The number of ether oxygens (including phenoxy) is 1. The first-order chi connectivity index (χ1) is 11.2. The fourth-order valence-corrected chi connectivity index (χ4v) is 2.72. The van der Waals surface area contributed by atoms with Crippen molar-refractivity contribution in [3.05, 3.63) is 0 Å². The van der Waals surface area contributed by atoms with Gasteiger partial charge >= 0.3 is 5.97 Å². The van der Waals surface area contributed by atoms with E-state index < -0.39 is 0 Å². The standard InChI is InChI=1S/C17H34N4O2.HI/c1-15-8-13-21(14-9-15)12-6-11-20-17(18-2)19-10-5-4-7-16(22)23-3;/h15H,4-14H2,1-3H3,(H2,18,19,20);1H. The molecule has 0 aromatic heterocycles. The van der Waals surface area contributed by atoms with Crippen LogP contribution in [0.5, 0.6) is 0 Å². The molecule has 0 saturated carbocycles. The molecule has 0 aliphatic carbocycles. The van der Waals surface area contributed by atoms with Gasteiger partial charge in [-0.3, -0.25) is 9.79 Å². The van der Waals surface area contributed by atoms with Gasteiger partial charge in [-0.2, -0.15) is 0 Å². The Labute approximate surface area is 164 Å². The zero-order valence-electron chi connectivity index (χ0n) is 15.5. The molecular weight excluding hydrogens is 419 g/mol. The van der Waals surface area contributed by atoms with Gasteiger partial charge in [0.15, 0.2) is 5.96 Å². The summed E-state index contributed by atoms with van der Waals surface area (Å²) in [5.41, 5.74) is 0. The van der Waals surface area contributed by atoms with E-state index in [0.717, 1.165) is 50.8 Å². The van der Waals surface area contributed by atoms with E-state index >= 15 is 0 Å². The minimum atomic E-state index is -0.139. The monoisotopic (exact) mass is 454 g/mol. The summed E-state index contributed by atoms with van der Waals surface area (Å²) in [5.74, 6) is 1.60. The highest BCUT2D eigenvalue weighted by Crippen LogP contribution is 2.15. The van der Waals surface area contributed by atoms with Crippen molar-refractivity contribution in [2.75, 3.05) is 46.9 Å². The molecule has 0 amide bonds. The molecule has 0 bridgehead atoms. The van der Waals surface area contributed by atoms with Gasteiger partial charge in [0, 0.05) is 26.6 Å². The number of aliphatic imine (C=N–C) groups is 1.